The van der Waals surface area contributed by atoms with Gasteiger partial charge in [0.05, 0.1) is 4.92 Å². The molecule has 9 heteroatoms. The van der Waals surface area contributed by atoms with Crippen molar-refractivity contribution in [3.05, 3.63) is 52.3 Å². The van der Waals surface area contributed by atoms with Crippen molar-refractivity contribution in [1.82, 2.24) is 14.7 Å². The number of hydrogen-bond donors (Lipinski definition) is 1. The number of nitro benzene ring substituents is 1. The van der Waals surface area contributed by atoms with Crippen molar-refractivity contribution in [3.8, 4) is 5.69 Å². The molecule has 0 bridgehead atoms. The Morgan fingerprint density at radius 3 is 2.76 bits per heavy atom. The molecule has 2 unspecified atom stereocenters. The van der Waals surface area contributed by atoms with Crippen LogP contribution in [0.15, 0.2) is 36.5 Å². The molecule has 1 aromatic carbocycles. The number of hydrogen-bond acceptors (Lipinski definition) is 5. The lowest BCUT2D eigenvalue weighted by Gasteiger charge is -2.20. The summed E-state index contributed by atoms with van der Waals surface area (Å²) < 4.78 is 1.37. The van der Waals surface area contributed by atoms with Crippen molar-refractivity contribution >= 4 is 24.0 Å². The fourth-order valence-corrected chi connectivity index (χ4v) is 3.13. The number of nitrogens with two attached hydrogens (primary N) is 1. The van der Waals surface area contributed by atoms with Crippen molar-refractivity contribution in [2.45, 2.75) is 19.4 Å². The Labute approximate surface area is 151 Å². The van der Waals surface area contributed by atoms with Gasteiger partial charge in [0.1, 0.15) is 5.69 Å². The monoisotopic (exact) mass is 365 g/mol. The minimum atomic E-state index is -0.465. The summed E-state index contributed by atoms with van der Waals surface area (Å²) in [5, 5.41) is 15.4. The summed E-state index contributed by atoms with van der Waals surface area (Å²) in [6, 6.07) is 7.99. The van der Waals surface area contributed by atoms with Crippen molar-refractivity contribution in [3.63, 3.8) is 0 Å². The number of para-hydroxylation sites is 2. The lowest BCUT2D eigenvalue weighted by atomic mass is 10.1. The Hall–Kier alpha value is -2.45. The summed E-state index contributed by atoms with van der Waals surface area (Å²) in [7, 11) is 0. The predicted molar refractivity (Wildman–Crippen MR) is 95.1 cm³/mol. The summed E-state index contributed by atoms with van der Waals surface area (Å²) in [6.07, 6.45) is 2.45. The quantitative estimate of drug-likeness (QED) is 0.658. The third-order valence-electron chi connectivity index (χ3n) is 4.39. The van der Waals surface area contributed by atoms with Gasteiger partial charge in [0.2, 0.25) is 0 Å². The molecule has 1 fully saturated rings. The third-order valence-corrected chi connectivity index (χ3v) is 4.39. The van der Waals surface area contributed by atoms with Gasteiger partial charge in [-0.1, -0.05) is 12.1 Å². The highest BCUT2D eigenvalue weighted by atomic mass is 35.5. The number of nitro groups is 1. The van der Waals surface area contributed by atoms with E-state index in [0.29, 0.717) is 24.7 Å². The van der Waals surface area contributed by atoms with Crippen molar-refractivity contribution in [1.29, 1.82) is 0 Å². The highest BCUT2D eigenvalue weighted by Crippen LogP contribution is 2.25. The predicted octanol–water partition coefficient (Wildman–Crippen LogP) is 2.01. The van der Waals surface area contributed by atoms with E-state index < -0.39 is 4.92 Å². The molecule has 0 aliphatic carbocycles. The molecule has 2 heterocycles. The number of carbonyl (C=O) groups excluding carboxylic acids is 1. The molecule has 0 radical (unpaired) electrons. The number of rotatable bonds is 4. The maximum atomic E-state index is 12.7. The standard InChI is InChI=1S/C16H19N5O3.ClH/c1-11-8-12(9-17)10-19(11)16(22)13-6-7-20(18-13)14-4-2-3-5-15(14)21(23)24;/h2-7,11-12H,8-10,17H2,1H3;1H. The molecule has 1 aromatic heterocycles. The first-order chi connectivity index (χ1) is 11.5. The highest BCUT2D eigenvalue weighted by molar-refractivity contribution is 5.92. The first-order valence-corrected chi connectivity index (χ1v) is 7.81. The smallest absolute Gasteiger partial charge is 0.294 e. The van der Waals surface area contributed by atoms with Crippen LogP contribution in [0.2, 0.25) is 0 Å². The van der Waals surface area contributed by atoms with Crippen molar-refractivity contribution in [2.24, 2.45) is 11.7 Å². The average Bonchev–Trinajstić information content (AvgIpc) is 3.21. The van der Waals surface area contributed by atoms with Crippen LogP contribution in [0.5, 0.6) is 0 Å². The number of likely N-dealkylation sites (tertiary alicyclic amines) is 1. The average molecular weight is 366 g/mol. The molecule has 8 nitrogen and oxygen atoms in total. The van der Waals surface area contributed by atoms with E-state index in [2.05, 4.69) is 5.10 Å². The fourth-order valence-electron chi connectivity index (χ4n) is 3.13. The molecule has 1 aliphatic rings. The Morgan fingerprint density at radius 1 is 1.40 bits per heavy atom. The van der Waals surface area contributed by atoms with E-state index in [9.17, 15) is 14.9 Å². The molecule has 134 valence electrons. The molecule has 0 spiro atoms. The molecule has 0 saturated carbocycles. The van der Waals surface area contributed by atoms with Crippen LogP contribution >= 0.6 is 12.4 Å². The summed E-state index contributed by atoms with van der Waals surface area (Å²) >= 11 is 0. The Balaban J connectivity index is 0.00000225. The maximum absolute atomic E-state index is 12.7. The molecular weight excluding hydrogens is 346 g/mol. The van der Waals surface area contributed by atoms with Gasteiger partial charge in [0, 0.05) is 24.8 Å². The van der Waals surface area contributed by atoms with Gasteiger partial charge in [-0.2, -0.15) is 5.10 Å². The second-order valence-electron chi connectivity index (χ2n) is 6.04. The van der Waals surface area contributed by atoms with Crippen LogP contribution in [-0.2, 0) is 0 Å². The highest BCUT2D eigenvalue weighted by Gasteiger charge is 2.33. The van der Waals surface area contributed by atoms with Gasteiger partial charge in [-0.15, -0.1) is 12.4 Å². The molecular formula is C16H20ClN5O3. The third kappa shape index (κ3) is 3.64. The van der Waals surface area contributed by atoms with E-state index in [0.717, 1.165) is 6.42 Å². The molecule has 1 aliphatic heterocycles. The summed E-state index contributed by atoms with van der Waals surface area (Å²) in [5.74, 6) is 0.136. The topological polar surface area (TPSA) is 107 Å². The van der Waals surface area contributed by atoms with Gasteiger partial charge >= 0.3 is 0 Å². The minimum absolute atomic E-state index is 0. The van der Waals surface area contributed by atoms with Gasteiger partial charge in [-0.25, -0.2) is 4.68 Å². The summed E-state index contributed by atoms with van der Waals surface area (Å²) in [4.78, 5) is 25.1. The first kappa shape index (κ1) is 18.9. The number of amides is 1. The van der Waals surface area contributed by atoms with Gasteiger partial charge in [0.25, 0.3) is 11.6 Å². The molecule has 3 rings (SSSR count). The fraction of sp³-hybridized carbons (Fsp3) is 0.375. The van der Waals surface area contributed by atoms with Crippen molar-refractivity contribution in [2.75, 3.05) is 13.1 Å². The lowest BCUT2D eigenvalue weighted by Crippen LogP contribution is -2.34. The van der Waals surface area contributed by atoms with Gasteiger partial charge < -0.3 is 10.6 Å². The first-order valence-electron chi connectivity index (χ1n) is 7.81. The SMILES string of the molecule is CC1CC(CN)CN1C(=O)c1ccn(-c2ccccc2[N+](=O)[O-])n1.Cl. The molecule has 1 amide bonds. The summed E-state index contributed by atoms with van der Waals surface area (Å²) in [5.41, 5.74) is 6.25. The largest absolute Gasteiger partial charge is 0.334 e. The van der Waals surface area contributed by atoms with Crippen LogP contribution in [0.4, 0.5) is 5.69 Å². The zero-order valence-corrected chi connectivity index (χ0v) is 14.6. The number of nitrogens with zero attached hydrogens (tertiary/aromatic N) is 4. The Morgan fingerprint density at radius 2 is 2.12 bits per heavy atom. The second-order valence-corrected chi connectivity index (χ2v) is 6.04. The Bertz CT molecular complexity index is 779. The van der Waals surface area contributed by atoms with Crippen molar-refractivity contribution < 1.29 is 9.72 Å². The number of halogens is 1. The van der Waals surface area contributed by atoms with Crippen LogP contribution in [-0.4, -0.2) is 44.6 Å². The maximum Gasteiger partial charge on any atom is 0.294 e. The molecule has 2 aromatic rings. The van der Waals surface area contributed by atoms with Crippen LogP contribution < -0.4 is 5.73 Å². The normalized spacial score (nSPS) is 19.5. The van der Waals surface area contributed by atoms with Gasteiger partial charge in [0.15, 0.2) is 5.69 Å². The summed E-state index contributed by atoms with van der Waals surface area (Å²) in [6.45, 7) is 3.17. The number of aromatic nitrogens is 2. The van der Waals surface area contributed by atoms with E-state index >= 15 is 0 Å². The second kappa shape index (κ2) is 7.62. The van der Waals surface area contributed by atoms with Gasteiger partial charge in [-0.05, 0) is 37.9 Å². The molecule has 25 heavy (non-hydrogen) atoms. The van der Waals surface area contributed by atoms with E-state index in [1.165, 1.54) is 10.7 Å². The number of carbonyl (C=O) groups is 1. The van der Waals surface area contributed by atoms with E-state index in [-0.39, 0.29) is 35.7 Å². The lowest BCUT2D eigenvalue weighted by molar-refractivity contribution is -0.384. The van der Waals surface area contributed by atoms with E-state index in [4.69, 9.17) is 5.73 Å². The minimum Gasteiger partial charge on any atom is -0.334 e. The van der Waals surface area contributed by atoms with Crippen LogP contribution in [0.25, 0.3) is 5.69 Å². The van der Waals surface area contributed by atoms with E-state index in [1.807, 2.05) is 6.92 Å². The van der Waals surface area contributed by atoms with Crippen LogP contribution in [0.1, 0.15) is 23.8 Å². The Kier molecular flexibility index (Phi) is 5.76. The van der Waals surface area contributed by atoms with Crippen LogP contribution in [0, 0.1) is 16.0 Å². The molecule has 1 saturated heterocycles. The number of benzene rings is 1. The van der Waals surface area contributed by atoms with E-state index in [1.54, 1.807) is 35.4 Å². The molecule has 2 N–H and O–H groups in total. The zero-order chi connectivity index (χ0) is 17.3. The zero-order valence-electron chi connectivity index (χ0n) is 13.7. The van der Waals surface area contributed by atoms with Crippen LogP contribution in [0.3, 0.4) is 0 Å². The van der Waals surface area contributed by atoms with Gasteiger partial charge in [-0.3, -0.25) is 14.9 Å². The molecule has 2 atom stereocenters.